The molecule has 5 nitrogen and oxygen atoms in total. The summed E-state index contributed by atoms with van der Waals surface area (Å²) >= 11 is 9.21. The topological polar surface area (TPSA) is 57.0 Å². The van der Waals surface area contributed by atoms with E-state index in [1.165, 1.54) is 17.3 Å². The van der Waals surface area contributed by atoms with Crippen LogP contribution in [0.3, 0.4) is 0 Å². The SMILES string of the molecule is CC(C)(CBr)C(=O)C(Oc1ccc(Cl)cc1)n1cncn1. The molecule has 0 aliphatic carbocycles. The van der Waals surface area contributed by atoms with E-state index in [0.717, 1.165) is 0 Å². The number of aromatic nitrogens is 3. The molecule has 1 heterocycles. The van der Waals surface area contributed by atoms with Gasteiger partial charge in [0.1, 0.15) is 18.4 Å². The molecule has 2 aromatic rings. The normalized spacial score (nSPS) is 13.0. The quantitative estimate of drug-likeness (QED) is 0.728. The molecule has 21 heavy (non-hydrogen) atoms. The lowest BCUT2D eigenvalue weighted by Crippen LogP contribution is -2.37. The van der Waals surface area contributed by atoms with Crippen molar-refractivity contribution in [3.8, 4) is 5.75 Å². The fraction of sp³-hybridized carbons (Fsp3) is 0.357. The molecule has 0 saturated carbocycles. The van der Waals surface area contributed by atoms with Crippen LogP contribution in [0.25, 0.3) is 0 Å². The summed E-state index contributed by atoms with van der Waals surface area (Å²) in [6, 6.07) is 6.83. The van der Waals surface area contributed by atoms with Crippen molar-refractivity contribution in [1.82, 2.24) is 14.8 Å². The fourth-order valence-electron chi connectivity index (χ4n) is 1.61. The van der Waals surface area contributed by atoms with E-state index in [-0.39, 0.29) is 5.78 Å². The van der Waals surface area contributed by atoms with Crippen molar-refractivity contribution in [3.63, 3.8) is 0 Å². The highest BCUT2D eigenvalue weighted by molar-refractivity contribution is 9.09. The van der Waals surface area contributed by atoms with Crippen molar-refractivity contribution in [1.29, 1.82) is 0 Å². The van der Waals surface area contributed by atoms with Crippen molar-refractivity contribution in [2.75, 3.05) is 5.33 Å². The first-order valence-electron chi connectivity index (χ1n) is 6.30. The number of hydrogen-bond acceptors (Lipinski definition) is 4. The standard InChI is InChI=1S/C14H15BrClN3O2/c1-14(2,7-15)12(20)13(19-9-17-8-18-19)21-11-5-3-10(16)4-6-11/h3-6,8-9,13H,7H2,1-2H3. The number of carbonyl (C=O) groups excluding carboxylic acids is 1. The second-order valence-corrected chi connectivity index (χ2v) is 6.18. The molecule has 1 unspecified atom stereocenters. The first-order chi connectivity index (χ1) is 9.94. The molecule has 0 amide bonds. The van der Waals surface area contributed by atoms with E-state index in [4.69, 9.17) is 16.3 Å². The molecule has 7 heteroatoms. The maximum absolute atomic E-state index is 12.7. The van der Waals surface area contributed by atoms with Crippen LogP contribution < -0.4 is 4.74 Å². The van der Waals surface area contributed by atoms with Crippen LogP contribution in [0.4, 0.5) is 0 Å². The van der Waals surface area contributed by atoms with Gasteiger partial charge in [0.2, 0.25) is 5.78 Å². The average molecular weight is 373 g/mol. The van der Waals surface area contributed by atoms with Crippen molar-refractivity contribution >= 4 is 33.3 Å². The molecule has 0 bridgehead atoms. The molecular weight excluding hydrogens is 358 g/mol. The minimum absolute atomic E-state index is 0.0974. The molecule has 1 aromatic heterocycles. The number of carbonyl (C=O) groups is 1. The van der Waals surface area contributed by atoms with Crippen LogP contribution >= 0.6 is 27.5 Å². The first kappa shape index (κ1) is 16.0. The van der Waals surface area contributed by atoms with Crippen molar-refractivity contribution in [2.24, 2.45) is 5.41 Å². The van der Waals surface area contributed by atoms with Gasteiger partial charge in [0.25, 0.3) is 6.23 Å². The van der Waals surface area contributed by atoms with Crippen molar-refractivity contribution < 1.29 is 9.53 Å². The number of halogens is 2. The highest BCUT2D eigenvalue weighted by Crippen LogP contribution is 2.28. The molecule has 1 atom stereocenters. The van der Waals surface area contributed by atoms with Gasteiger partial charge in [-0.1, -0.05) is 41.4 Å². The third kappa shape index (κ3) is 3.83. The van der Waals surface area contributed by atoms with E-state index in [0.29, 0.717) is 16.1 Å². The summed E-state index contributed by atoms with van der Waals surface area (Å²) in [6.45, 7) is 3.69. The minimum atomic E-state index is -0.874. The summed E-state index contributed by atoms with van der Waals surface area (Å²) in [7, 11) is 0. The molecule has 0 fully saturated rings. The molecule has 1 aromatic carbocycles. The lowest BCUT2D eigenvalue weighted by atomic mass is 9.89. The lowest BCUT2D eigenvalue weighted by Gasteiger charge is -2.26. The van der Waals surface area contributed by atoms with Gasteiger partial charge in [0.05, 0.1) is 0 Å². The Hall–Kier alpha value is -1.40. The van der Waals surface area contributed by atoms with Gasteiger partial charge < -0.3 is 4.74 Å². The van der Waals surface area contributed by atoms with Gasteiger partial charge in [-0.3, -0.25) is 4.79 Å². The second-order valence-electron chi connectivity index (χ2n) is 5.18. The molecule has 0 aliphatic heterocycles. The maximum Gasteiger partial charge on any atom is 0.252 e. The van der Waals surface area contributed by atoms with Gasteiger partial charge in [-0.2, -0.15) is 5.10 Å². The number of Topliss-reactive ketones (excluding diaryl/α,β-unsaturated/α-hetero) is 1. The van der Waals surface area contributed by atoms with Crippen molar-refractivity contribution in [2.45, 2.75) is 20.1 Å². The summed E-state index contributed by atoms with van der Waals surface area (Å²) in [6.07, 6.45) is 1.95. The Bertz CT molecular complexity index is 599. The van der Waals surface area contributed by atoms with Crippen molar-refractivity contribution in [3.05, 3.63) is 41.9 Å². The van der Waals surface area contributed by atoms with E-state index in [9.17, 15) is 4.79 Å². The van der Waals surface area contributed by atoms with E-state index in [1.54, 1.807) is 24.3 Å². The van der Waals surface area contributed by atoms with Gasteiger partial charge in [-0.25, -0.2) is 9.67 Å². The summed E-state index contributed by atoms with van der Waals surface area (Å²) in [5.74, 6) is 0.443. The third-order valence-corrected chi connectivity index (χ3v) is 4.62. The monoisotopic (exact) mass is 371 g/mol. The summed E-state index contributed by atoms with van der Waals surface area (Å²) < 4.78 is 7.20. The number of benzene rings is 1. The Balaban J connectivity index is 2.29. The van der Waals surface area contributed by atoms with E-state index in [2.05, 4.69) is 26.0 Å². The number of ketones is 1. The van der Waals surface area contributed by atoms with Crippen LogP contribution in [-0.4, -0.2) is 25.9 Å². The largest absolute Gasteiger partial charge is 0.461 e. The zero-order valence-corrected chi connectivity index (χ0v) is 14.0. The summed E-state index contributed by atoms with van der Waals surface area (Å²) in [5.41, 5.74) is -0.594. The number of alkyl halides is 1. The molecule has 0 N–H and O–H groups in total. The van der Waals surface area contributed by atoms with Crippen LogP contribution in [0.5, 0.6) is 5.75 Å². The molecule has 2 rings (SSSR count). The second kappa shape index (κ2) is 6.58. The highest BCUT2D eigenvalue weighted by atomic mass is 79.9. The van der Waals surface area contributed by atoms with Gasteiger partial charge in [0.15, 0.2) is 0 Å². The molecule has 112 valence electrons. The van der Waals surface area contributed by atoms with Crippen LogP contribution in [-0.2, 0) is 4.79 Å². The number of rotatable bonds is 6. The predicted octanol–water partition coefficient (Wildman–Crippen LogP) is 3.50. The average Bonchev–Trinajstić information content (AvgIpc) is 3.00. The van der Waals surface area contributed by atoms with Gasteiger partial charge in [-0.15, -0.1) is 0 Å². The molecule has 0 radical (unpaired) electrons. The first-order valence-corrected chi connectivity index (χ1v) is 7.80. The Labute approximate surface area is 136 Å². The lowest BCUT2D eigenvalue weighted by molar-refractivity contribution is -0.138. The van der Waals surface area contributed by atoms with Crippen LogP contribution in [0.2, 0.25) is 5.02 Å². The predicted molar refractivity (Wildman–Crippen MR) is 83.7 cm³/mol. The van der Waals surface area contributed by atoms with E-state index in [1.807, 2.05) is 13.8 Å². The molecular formula is C14H15BrClN3O2. The third-order valence-electron chi connectivity index (χ3n) is 2.96. The van der Waals surface area contributed by atoms with Crippen LogP contribution in [0.1, 0.15) is 20.1 Å². The number of nitrogens with zero attached hydrogens (tertiary/aromatic N) is 3. The Morgan fingerprint density at radius 3 is 2.62 bits per heavy atom. The zero-order chi connectivity index (χ0) is 15.5. The van der Waals surface area contributed by atoms with Gasteiger partial charge in [-0.05, 0) is 24.3 Å². The maximum atomic E-state index is 12.7. The van der Waals surface area contributed by atoms with Crippen LogP contribution in [0.15, 0.2) is 36.9 Å². The molecule has 0 aliphatic rings. The molecule has 0 saturated heterocycles. The van der Waals surface area contributed by atoms with Gasteiger partial charge >= 0.3 is 0 Å². The zero-order valence-electron chi connectivity index (χ0n) is 11.7. The minimum Gasteiger partial charge on any atom is -0.461 e. The smallest absolute Gasteiger partial charge is 0.252 e. The summed E-state index contributed by atoms with van der Waals surface area (Å²) in [5, 5.41) is 5.14. The Morgan fingerprint density at radius 1 is 1.43 bits per heavy atom. The van der Waals surface area contributed by atoms with Crippen LogP contribution in [0, 0.1) is 5.41 Å². The van der Waals surface area contributed by atoms with E-state index >= 15 is 0 Å². The summed E-state index contributed by atoms with van der Waals surface area (Å²) in [4.78, 5) is 16.6. The Kier molecular flexibility index (Phi) is 5.00. The fourth-order valence-corrected chi connectivity index (χ4v) is 2.01. The molecule has 0 spiro atoms. The number of hydrogen-bond donors (Lipinski definition) is 0. The van der Waals surface area contributed by atoms with Gasteiger partial charge in [0, 0.05) is 15.8 Å². The number of ether oxygens (including phenoxy) is 1. The highest BCUT2D eigenvalue weighted by Gasteiger charge is 2.36. The van der Waals surface area contributed by atoms with E-state index < -0.39 is 11.6 Å². The Morgan fingerprint density at radius 2 is 2.10 bits per heavy atom.